The number of rotatable bonds is 5. The topological polar surface area (TPSA) is 98.2 Å². The standard InChI is InChI=1S/C21H28N4O4S/c1-29-17-4-2-15(3-5-17)22-20(27)25-10-7-21(28,8-11-25)18-14-30-19(23-18)13-24-9-6-16(26)12-24/h2-5,14,16,26,28H,6-13H2,1H3,(H,22,27). The number of aromatic nitrogens is 1. The van der Waals surface area contributed by atoms with Gasteiger partial charge in [-0.05, 0) is 43.5 Å². The zero-order chi connectivity index (χ0) is 21.1. The number of urea groups is 1. The Balaban J connectivity index is 1.31. The first-order chi connectivity index (χ1) is 14.4. The highest BCUT2D eigenvalue weighted by molar-refractivity contribution is 7.09. The van der Waals surface area contributed by atoms with E-state index < -0.39 is 5.60 Å². The zero-order valence-electron chi connectivity index (χ0n) is 17.1. The fourth-order valence-corrected chi connectivity index (χ4v) is 4.89. The van der Waals surface area contributed by atoms with Crippen molar-refractivity contribution in [2.75, 3.05) is 38.6 Å². The number of amides is 2. The number of hydrogen-bond acceptors (Lipinski definition) is 7. The van der Waals surface area contributed by atoms with Crippen LogP contribution >= 0.6 is 11.3 Å². The van der Waals surface area contributed by atoms with Crippen LogP contribution in [0.5, 0.6) is 5.75 Å². The molecular formula is C21H28N4O4S. The van der Waals surface area contributed by atoms with Gasteiger partial charge in [0.15, 0.2) is 0 Å². The summed E-state index contributed by atoms with van der Waals surface area (Å²) in [5, 5.41) is 26.6. The summed E-state index contributed by atoms with van der Waals surface area (Å²) in [5.74, 6) is 0.736. The zero-order valence-corrected chi connectivity index (χ0v) is 17.9. The highest BCUT2D eigenvalue weighted by Crippen LogP contribution is 2.34. The molecule has 0 bridgehead atoms. The molecule has 2 aliphatic rings. The molecular weight excluding hydrogens is 404 g/mol. The second kappa shape index (κ2) is 8.89. The molecule has 4 rings (SSSR count). The number of carbonyl (C=O) groups is 1. The number of piperidine rings is 1. The van der Waals surface area contributed by atoms with E-state index in [2.05, 4.69) is 15.2 Å². The van der Waals surface area contributed by atoms with Gasteiger partial charge in [-0.15, -0.1) is 11.3 Å². The maximum absolute atomic E-state index is 12.6. The van der Waals surface area contributed by atoms with Gasteiger partial charge in [-0.25, -0.2) is 9.78 Å². The summed E-state index contributed by atoms with van der Waals surface area (Å²) >= 11 is 1.54. The van der Waals surface area contributed by atoms with Gasteiger partial charge in [0.25, 0.3) is 0 Å². The van der Waals surface area contributed by atoms with E-state index in [0.29, 0.717) is 50.4 Å². The first-order valence-electron chi connectivity index (χ1n) is 10.2. The molecule has 1 atom stereocenters. The lowest BCUT2D eigenvalue weighted by atomic mass is 9.89. The number of anilines is 1. The molecule has 3 N–H and O–H groups in total. The molecule has 3 heterocycles. The Labute approximate surface area is 180 Å². The highest BCUT2D eigenvalue weighted by atomic mass is 32.1. The number of likely N-dealkylation sites (tertiary alicyclic amines) is 2. The number of thiazole rings is 1. The molecule has 0 aliphatic carbocycles. The Bertz CT molecular complexity index is 864. The number of benzene rings is 1. The second-order valence-electron chi connectivity index (χ2n) is 7.98. The molecule has 8 nitrogen and oxygen atoms in total. The van der Waals surface area contributed by atoms with E-state index in [1.54, 1.807) is 47.6 Å². The third-order valence-electron chi connectivity index (χ3n) is 5.85. The number of β-amino-alcohol motifs (C(OH)–C–C–N with tert-alkyl or cyclic N) is 1. The first kappa shape index (κ1) is 21.0. The van der Waals surface area contributed by atoms with Crippen molar-refractivity contribution >= 4 is 23.1 Å². The Morgan fingerprint density at radius 2 is 2.03 bits per heavy atom. The van der Waals surface area contributed by atoms with Crippen molar-refractivity contribution in [1.82, 2.24) is 14.8 Å². The number of nitrogens with zero attached hydrogens (tertiary/aromatic N) is 3. The van der Waals surface area contributed by atoms with Gasteiger partial charge in [0.1, 0.15) is 16.4 Å². The third kappa shape index (κ3) is 4.75. The first-order valence-corrected chi connectivity index (χ1v) is 11.1. The van der Waals surface area contributed by atoms with Crippen LogP contribution in [0.3, 0.4) is 0 Å². The van der Waals surface area contributed by atoms with Gasteiger partial charge in [0.05, 0.1) is 25.5 Å². The average Bonchev–Trinajstić information content (AvgIpc) is 3.39. The smallest absolute Gasteiger partial charge is 0.321 e. The van der Waals surface area contributed by atoms with Crippen LogP contribution < -0.4 is 10.1 Å². The molecule has 2 aliphatic heterocycles. The summed E-state index contributed by atoms with van der Waals surface area (Å²) in [5.41, 5.74) is 0.395. The van der Waals surface area contributed by atoms with E-state index in [4.69, 9.17) is 4.74 Å². The Hall–Kier alpha value is -2.20. The maximum atomic E-state index is 12.6. The Kier molecular flexibility index (Phi) is 6.24. The van der Waals surface area contributed by atoms with Crippen molar-refractivity contribution in [1.29, 1.82) is 0 Å². The minimum atomic E-state index is -1.00. The molecule has 0 spiro atoms. The number of aliphatic hydroxyl groups excluding tert-OH is 1. The van der Waals surface area contributed by atoms with Gasteiger partial charge < -0.3 is 25.2 Å². The number of carbonyl (C=O) groups excluding carboxylic acids is 1. The second-order valence-corrected chi connectivity index (χ2v) is 8.92. The van der Waals surface area contributed by atoms with Crippen molar-refractivity contribution < 1.29 is 19.7 Å². The van der Waals surface area contributed by atoms with Crippen molar-refractivity contribution in [2.24, 2.45) is 0 Å². The van der Waals surface area contributed by atoms with Crippen LogP contribution in [0.1, 0.15) is 30.0 Å². The van der Waals surface area contributed by atoms with E-state index in [1.807, 2.05) is 5.38 Å². The predicted molar refractivity (Wildman–Crippen MR) is 115 cm³/mol. The Morgan fingerprint density at radius 3 is 2.67 bits per heavy atom. The SMILES string of the molecule is COc1ccc(NC(=O)N2CCC(O)(c3csc(CN4CCC(O)C4)n3)CC2)cc1. The summed E-state index contributed by atoms with van der Waals surface area (Å²) in [6.45, 7) is 3.18. The lowest BCUT2D eigenvalue weighted by Gasteiger charge is -2.37. The largest absolute Gasteiger partial charge is 0.497 e. The van der Waals surface area contributed by atoms with Gasteiger partial charge in [0, 0.05) is 37.2 Å². The Morgan fingerprint density at radius 1 is 1.30 bits per heavy atom. The number of hydrogen-bond donors (Lipinski definition) is 3. The summed E-state index contributed by atoms with van der Waals surface area (Å²) in [4.78, 5) is 21.1. The van der Waals surface area contributed by atoms with Crippen LogP contribution in [-0.2, 0) is 12.1 Å². The number of aliphatic hydroxyl groups is 2. The van der Waals surface area contributed by atoms with E-state index in [9.17, 15) is 15.0 Å². The maximum Gasteiger partial charge on any atom is 0.321 e. The average molecular weight is 433 g/mol. The lowest BCUT2D eigenvalue weighted by Crippen LogP contribution is -2.46. The highest BCUT2D eigenvalue weighted by Gasteiger charge is 2.37. The lowest BCUT2D eigenvalue weighted by molar-refractivity contribution is -0.0189. The van der Waals surface area contributed by atoms with Crippen LogP contribution in [0, 0.1) is 0 Å². The van der Waals surface area contributed by atoms with Crippen LogP contribution in [0.2, 0.25) is 0 Å². The van der Waals surface area contributed by atoms with Crippen LogP contribution in [0.4, 0.5) is 10.5 Å². The van der Waals surface area contributed by atoms with Crippen LogP contribution in [0.25, 0.3) is 0 Å². The summed E-state index contributed by atoms with van der Waals surface area (Å²) in [7, 11) is 1.60. The molecule has 1 aromatic carbocycles. The number of nitrogens with one attached hydrogen (secondary N) is 1. The molecule has 162 valence electrons. The van der Waals surface area contributed by atoms with E-state index in [1.165, 1.54) is 0 Å². The fourth-order valence-electron chi connectivity index (χ4n) is 3.96. The van der Waals surface area contributed by atoms with Crippen molar-refractivity contribution in [3.63, 3.8) is 0 Å². The van der Waals surface area contributed by atoms with Gasteiger partial charge in [0.2, 0.25) is 0 Å². The summed E-state index contributed by atoms with van der Waals surface area (Å²) in [6, 6.07) is 7.02. The van der Waals surface area contributed by atoms with Crippen molar-refractivity contribution in [3.05, 3.63) is 40.3 Å². The molecule has 2 amide bonds. The molecule has 1 unspecified atom stereocenters. The van der Waals surface area contributed by atoms with Gasteiger partial charge >= 0.3 is 6.03 Å². The van der Waals surface area contributed by atoms with E-state index in [-0.39, 0.29) is 12.1 Å². The number of methoxy groups -OCH3 is 1. The molecule has 2 fully saturated rings. The molecule has 2 saturated heterocycles. The van der Waals surface area contributed by atoms with E-state index in [0.717, 1.165) is 23.7 Å². The van der Waals surface area contributed by atoms with E-state index >= 15 is 0 Å². The van der Waals surface area contributed by atoms with Crippen molar-refractivity contribution in [3.8, 4) is 5.75 Å². The van der Waals surface area contributed by atoms with Crippen molar-refractivity contribution in [2.45, 2.75) is 37.5 Å². The minimum Gasteiger partial charge on any atom is -0.497 e. The van der Waals surface area contributed by atoms with Crippen LogP contribution in [-0.4, -0.2) is 70.4 Å². The predicted octanol–water partition coefficient (Wildman–Crippen LogP) is 2.23. The molecule has 9 heteroatoms. The van der Waals surface area contributed by atoms with Gasteiger partial charge in [-0.2, -0.15) is 0 Å². The fraction of sp³-hybridized carbons (Fsp3) is 0.524. The molecule has 1 aromatic heterocycles. The van der Waals surface area contributed by atoms with Gasteiger partial charge in [-0.1, -0.05) is 0 Å². The molecule has 30 heavy (non-hydrogen) atoms. The molecule has 0 radical (unpaired) electrons. The van der Waals surface area contributed by atoms with Crippen LogP contribution in [0.15, 0.2) is 29.6 Å². The van der Waals surface area contributed by atoms with Gasteiger partial charge in [-0.3, -0.25) is 4.90 Å². The molecule has 2 aromatic rings. The summed E-state index contributed by atoms with van der Waals surface area (Å²) < 4.78 is 5.13. The number of ether oxygens (including phenoxy) is 1. The summed E-state index contributed by atoms with van der Waals surface area (Å²) in [6.07, 6.45) is 1.46. The quantitative estimate of drug-likeness (QED) is 0.670. The molecule has 0 saturated carbocycles. The minimum absolute atomic E-state index is 0.172. The normalized spacial score (nSPS) is 21.6. The monoisotopic (exact) mass is 432 g/mol. The third-order valence-corrected chi connectivity index (χ3v) is 6.69.